The van der Waals surface area contributed by atoms with E-state index in [2.05, 4.69) is 17.2 Å². The van der Waals surface area contributed by atoms with Gasteiger partial charge in [-0.25, -0.2) is 0 Å². The van der Waals surface area contributed by atoms with Gasteiger partial charge in [0.15, 0.2) is 5.13 Å². The molecule has 1 atom stereocenters. The first-order valence-electron chi connectivity index (χ1n) is 8.06. The molecule has 0 aliphatic heterocycles. The molecule has 0 bridgehead atoms. The van der Waals surface area contributed by atoms with Crippen LogP contribution in [0.1, 0.15) is 50.3 Å². The van der Waals surface area contributed by atoms with Crippen molar-refractivity contribution >= 4 is 16.5 Å². The van der Waals surface area contributed by atoms with E-state index in [-0.39, 0.29) is 0 Å². The van der Waals surface area contributed by atoms with E-state index >= 15 is 0 Å². The average molecular weight is 311 g/mol. The molecule has 5 heteroatoms. The molecule has 0 saturated heterocycles. The summed E-state index contributed by atoms with van der Waals surface area (Å²) in [6.45, 7) is 3.18. The smallest absolute Gasteiger partial charge is 0.230 e. The molecule has 0 aromatic carbocycles. The molecule has 0 spiro atoms. The van der Waals surface area contributed by atoms with Gasteiger partial charge in [0.25, 0.3) is 0 Å². The summed E-state index contributed by atoms with van der Waals surface area (Å²) in [6.07, 6.45) is 8.36. The number of methoxy groups -OCH3 is 1. The molecular formula is C16H29N3OS. The molecule has 2 rings (SSSR count). The second-order valence-corrected chi connectivity index (χ2v) is 7.31. The van der Waals surface area contributed by atoms with Gasteiger partial charge in [-0.05, 0) is 25.7 Å². The minimum Gasteiger partial charge on any atom is -0.480 e. The van der Waals surface area contributed by atoms with Crippen molar-refractivity contribution in [2.45, 2.75) is 58.0 Å². The maximum absolute atomic E-state index is 5.41. The number of nitrogens with one attached hydrogen (secondary N) is 1. The van der Waals surface area contributed by atoms with E-state index < -0.39 is 0 Å². The van der Waals surface area contributed by atoms with Crippen molar-refractivity contribution in [3.8, 4) is 5.88 Å². The van der Waals surface area contributed by atoms with Gasteiger partial charge in [0.05, 0.1) is 12.0 Å². The summed E-state index contributed by atoms with van der Waals surface area (Å²) in [4.78, 5) is 7.75. The van der Waals surface area contributed by atoms with Crippen LogP contribution in [-0.4, -0.2) is 32.2 Å². The summed E-state index contributed by atoms with van der Waals surface area (Å²) in [5, 5.41) is 4.70. The number of hydrogen-bond acceptors (Lipinski definition) is 5. The number of rotatable bonds is 6. The van der Waals surface area contributed by atoms with Gasteiger partial charge in [-0.3, -0.25) is 0 Å². The third kappa shape index (κ3) is 4.58. The van der Waals surface area contributed by atoms with E-state index in [0.29, 0.717) is 6.04 Å². The molecule has 1 fully saturated rings. The zero-order valence-electron chi connectivity index (χ0n) is 13.8. The lowest BCUT2D eigenvalue weighted by Crippen LogP contribution is -2.32. The summed E-state index contributed by atoms with van der Waals surface area (Å²) in [5.74, 6) is 1.59. The Kier molecular flexibility index (Phi) is 6.30. The minimum atomic E-state index is 0.567. The molecule has 1 aliphatic rings. The van der Waals surface area contributed by atoms with Crippen LogP contribution in [0.5, 0.6) is 5.88 Å². The highest BCUT2D eigenvalue weighted by molar-refractivity contribution is 7.15. The lowest BCUT2D eigenvalue weighted by Gasteiger charge is -2.23. The third-order valence-corrected chi connectivity index (χ3v) is 5.62. The lowest BCUT2D eigenvalue weighted by atomic mass is 9.93. The van der Waals surface area contributed by atoms with Crippen LogP contribution in [0.25, 0.3) is 0 Å². The summed E-state index contributed by atoms with van der Waals surface area (Å²) in [6, 6.07) is 0.567. The number of nitrogens with zero attached hydrogens (tertiary/aromatic N) is 2. The molecule has 21 heavy (non-hydrogen) atoms. The van der Waals surface area contributed by atoms with Crippen molar-refractivity contribution in [1.29, 1.82) is 0 Å². The fourth-order valence-corrected chi connectivity index (χ4v) is 3.92. The van der Waals surface area contributed by atoms with Crippen LogP contribution < -0.4 is 15.0 Å². The summed E-state index contributed by atoms with van der Waals surface area (Å²) < 4.78 is 5.41. The topological polar surface area (TPSA) is 37.4 Å². The van der Waals surface area contributed by atoms with Crippen molar-refractivity contribution in [2.24, 2.45) is 5.92 Å². The normalized spacial score (nSPS) is 18.3. The van der Waals surface area contributed by atoms with Crippen LogP contribution in [0.15, 0.2) is 0 Å². The zero-order valence-corrected chi connectivity index (χ0v) is 14.6. The molecule has 1 aromatic heterocycles. The highest BCUT2D eigenvalue weighted by atomic mass is 32.1. The van der Waals surface area contributed by atoms with Crippen molar-refractivity contribution in [3.63, 3.8) is 0 Å². The van der Waals surface area contributed by atoms with Crippen LogP contribution in [0.2, 0.25) is 0 Å². The predicted octanol–water partition coefficient (Wildman–Crippen LogP) is 3.67. The largest absolute Gasteiger partial charge is 0.480 e. The second kappa shape index (κ2) is 7.99. The first-order valence-corrected chi connectivity index (χ1v) is 8.88. The minimum absolute atomic E-state index is 0.567. The first-order chi connectivity index (χ1) is 10.1. The maximum Gasteiger partial charge on any atom is 0.230 e. The molecule has 4 nitrogen and oxygen atoms in total. The molecule has 120 valence electrons. The van der Waals surface area contributed by atoms with E-state index in [0.717, 1.165) is 23.5 Å². The molecule has 1 aliphatic carbocycles. The van der Waals surface area contributed by atoms with Gasteiger partial charge in [-0.15, -0.1) is 0 Å². The lowest BCUT2D eigenvalue weighted by molar-refractivity contribution is 0.334. The number of ether oxygens (including phenoxy) is 1. The van der Waals surface area contributed by atoms with E-state index in [1.54, 1.807) is 18.4 Å². The fourth-order valence-electron chi connectivity index (χ4n) is 3.02. The Morgan fingerprint density at radius 3 is 2.52 bits per heavy atom. The number of hydrogen-bond donors (Lipinski definition) is 1. The molecular weight excluding hydrogens is 282 g/mol. The Bertz CT molecular complexity index is 425. The predicted molar refractivity (Wildman–Crippen MR) is 90.5 cm³/mol. The molecule has 0 radical (unpaired) electrons. The van der Waals surface area contributed by atoms with Gasteiger partial charge >= 0.3 is 0 Å². The number of aromatic nitrogens is 1. The second-order valence-electron chi connectivity index (χ2n) is 6.24. The zero-order chi connectivity index (χ0) is 15.2. The van der Waals surface area contributed by atoms with Crippen molar-refractivity contribution in [1.82, 2.24) is 10.3 Å². The Hall–Kier alpha value is -0.810. The van der Waals surface area contributed by atoms with E-state index in [9.17, 15) is 0 Å². The van der Waals surface area contributed by atoms with Crippen molar-refractivity contribution in [3.05, 3.63) is 4.88 Å². The monoisotopic (exact) mass is 311 g/mol. The average Bonchev–Trinajstić information content (AvgIpc) is 2.69. The van der Waals surface area contributed by atoms with Gasteiger partial charge in [0.1, 0.15) is 0 Å². The van der Waals surface area contributed by atoms with Crippen molar-refractivity contribution < 1.29 is 4.74 Å². The van der Waals surface area contributed by atoms with Crippen molar-refractivity contribution in [2.75, 3.05) is 26.1 Å². The van der Waals surface area contributed by atoms with E-state index in [1.165, 1.54) is 43.4 Å². The quantitative estimate of drug-likeness (QED) is 0.814. The van der Waals surface area contributed by atoms with Crippen LogP contribution >= 0.6 is 11.3 Å². The fraction of sp³-hybridized carbons (Fsp3) is 0.812. The maximum atomic E-state index is 5.41. The van der Waals surface area contributed by atoms with Crippen LogP contribution in [-0.2, 0) is 6.54 Å². The Morgan fingerprint density at radius 2 is 1.95 bits per heavy atom. The van der Waals surface area contributed by atoms with Crippen LogP contribution in [0, 0.1) is 5.92 Å². The number of thiazole rings is 1. The SMILES string of the molecule is COc1nc(N(C)C)sc1CN[C@@H](C)C1CCCCCC1. The van der Waals surface area contributed by atoms with Crippen LogP contribution in [0.3, 0.4) is 0 Å². The van der Waals surface area contributed by atoms with Gasteiger partial charge in [-0.2, -0.15) is 4.98 Å². The van der Waals surface area contributed by atoms with Gasteiger partial charge in [0, 0.05) is 26.7 Å². The number of anilines is 1. The molecule has 1 heterocycles. The molecule has 1 saturated carbocycles. The highest BCUT2D eigenvalue weighted by Gasteiger charge is 2.20. The van der Waals surface area contributed by atoms with E-state index in [4.69, 9.17) is 4.74 Å². The Labute approximate surface area is 132 Å². The highest BCUT2D eigenvalue weighted by Crippen LogP contribution is 2.31. The molecule has 0 unspecified atom stereocenters. The summed E-state index contributed by atoms with van der Waals surface area (Å²) in [7, 11) is 5.74. The molecule has 1 N–H and O–H groups in total. The molecule has 1 aromatic rings. The Morgan fingerprint density at radius 1 is 1.29 bits per heavy atom. The Balaban J connectivity index is 1.92. The standard InChI is InChI=1S/C16H29N3OS/c1-12(13-9-7-5-6-8-10-13)17-11-14-15(20-4)18-16(21-14)19(2)3/h12-13,17H,5-11H2,1-4H3/t12-/m0/s1. The van der Waals surface area contributed by atoms with Gasteiger partial charge in [-0.1, -0.05) is 37.0 Å². The van der Waals surface area contributed by atoms with E-state index in [1.807, 2.05) is 19.0 Å². The summed E-state index contributed by atoms with van der Waals surface area (Å²) in [5.41, 5.74) is 0. The summed E-state index contributed by atoms with van der Waals surface area (Å²) >= 11 is 1.71. The first kappa shape index (κ1) is 16.6. The van der Waals surface area contributed by atoms with Gasteiger partial charge < -0.3 is 15.0 Å². The third-order valence-electron chi connectivity index (χ3n) is 4.42. The van der Waals surface area contributed by atoms with Gasteiger partial charge in [0.2, 0.25) is 5.88 Å². The molecule has 0 amide bonds. The van der Waals surface area contributed by atoms with Crippen LogP contribution in [0.4, 0.5) is 5.13 Å².